The van der Waals surface area contributed by atoms with Crippen molar-refractivity contribution in [1.29, 1.82) is 0 Å². The number of aliphatic hydroxyl groups is 2. The van der Waals surface area contributed by atoms with E-state index in [9.17, 15) is 19.8 Å². The quantitative estimate of drug-likeness (QED) is 0.298. The number of cyclic esters (lactones) is 1. The Morgan fingerprint density at radius 3 is 2.63 bits per heavy atom. The Morgan fingerprint density at radius 2 is 1.92 bits per heavy atom. The van der Waals surface area contributed by atoms with Gasteiger partial charge >= 0.3 is 11.9 Å². The molecule has 2 saturated heterocycles. The Morgan fingerprint density at radius 1 is 1.16 bits per heavy atom. The number of carbonyl (C=O) groups excluding carboxylic acids is 2. The SMILES string of the molecule is CC1=C[C@H]2O[C@@H]3C[C@H]4OC(=O)/C=C\C=C\[C@H]([C@H](C)O)OC[C@@H](O)[C@H](C)CC(=O)OC[C@@]2(CC1)[C@]4(C)[C@]31CO1. The number of rotatable bonds is 1. The number of esters is 2. The van der Waals surface area contributed by atoms with Crippen molar-refractivity contribution in [3.8, 4) is 0 Å². The molecule has 5 aliphatic rings. The molecule has 2 bridgehead atoms. The molecule has 3 heterocycles. The van der Waals surface area contributed by atoms with Crippen molar-refractivity contribution >= 4 is 11.9 Å². The van der Waals surface area contributed by atoms with Gasteiger partial charge in [-0.2, -0.15) is 0 Å². The van der Waals surface area contributed by atoms with Gasteiger partial charge in [-0.15, -0.1) is 0 Å². The van der Waals surface area contributed by atoms with Crippen LogP contribution >= 0.6 is 0 Å². The summed E-state index contributed by atoms with van der Waals surface area (Å²) in [5.41, 5.74) is -0.638. The fourth-order valence-corrected chi connectivity index (χ4v) is 7.02. The molecule has 9 heteroatoms. The van der Waals surface area contributed by atoms with Gasteiger partial charge in [-0.25, -0.2) is 4.79 Å². The monoisotopic (exact) mass is 532 g/mol. The van der Waals surface area contributed by atoms with Crippen molar-refractivity contribution in [3.63, 3.8) is 0 Å². The van der Waals surface area contributed by atoms with Crippen LogP contribution in [0.2, 0.25) is 0 Å². The lowest BCUT2D eigenvalue weighted by molar-refractivity contribution is -0.233. The van der Waals surface area contributed by atoms with Gasteiger partial charge in [0.05, 0.1) is 49.5 Å². The molecular weight excluding hydrogens is 492 g/mol. The molecule has 38 heavy (non-hydrogen) atoms. The molecule has 2 spiro atoms. The van der Waals surface area contributed by atoms with E-state index in [1.165, 1.54) is 11.6 Å². The first kappa shape index (κ1) is 27.5. The van der Waals surface area contributed by atoms with Gasteiger partial charge in [0.1, 0.15) is 24.4 Å². The molecule has 5 rings (SSSR count). The van der Waals surface area contributed by atoms with E-state index in [1.807, 2.05) is 0 Å². The molecule has 2 aliphatic carbocycles. The highest BCUT2D eigenvalue weighted by Gasteiger charge is 2.83. The van der Waals surface area contributed by atoms with Crippen LogP contribution in [0.25, 0.3) is 0 Å². The third-order valence-electron chi connectivity index (χ3n) is 9.69. The average Bonchev–Trinajstić information content (AvgIpc) is 3.64. The normalized spacial score (nSPS) is 48.0. The maximum absolute atomic E-state index is 13.0. The molecule has 0 unspecified atom stereocenters. The summed E-state index contributed by atoms with van der Waals surface area (Å²) < 4.78 is 30.5. The number of ether oxygens (including phenoxy) is 5. The highest BCUT2D eigenvalue weighted by atomic mass is 16.6. The predicted molar refractivity (Wildman–Crippen MR) is 136 cm³/mol. The largest absolute Gasteiger partial charge is 0.465 e. The van der Waals surface area contributed by atoms with E-state index in [0.29, 0.717) is 19.4 Å². The zero-order valence-corrected chi connectivity index (χ0v) is 22.6. The van der Waals surface area contributed by atoms with Gasteiger partial charge in [0.15, 0.2) is 0 Å². The lowest BCUT2D eigenvalue weighted by Crippen LogP contribution is -2.66. The van der Waals surface area contributed by atoms with Crippen molar-refractivity contribution in [1.82, 2.24) is 0 Å². The lowest BCUT2D eigenvalue weighted by atomic mass is 9.51. The van der Waals surface area contributed by atoms with Crippen LogP contribution < -0.4 is 0 Å². The van der Waals surface area contributed by atoms with Gasteiger partial charge in [-0.1, -0.05) is 43.7 Å². The minimum atomic E-state index is -0.925. The van der Waals surface area contributed by atoms with Crippen LogP contribution in [0.1, 0.15) is 53.4 Å². The van der Waals surface area contributed by atoms with E-state index in [1.54, 1.807) is 32.1 Å². The van der Waals surface area contributed by atoms with E-state index in [0.717, 1.165) is 6.42 Å². The van der Waals surface area contributed by atoms with Crippen molar-refractivity contribution in [2.45, 2.75) is 95.6 Å². The number of allylic oxidation sites excluding steroid dienone is 3. The molecule has 1 saturated carbocycles. The van der Waals surface area contributed by atoms with Gasteiger partial charge in [-0.05, 0) is 32.6 Å². The number of hydrogen-bond donors (Lipinski definition) is 2. The first-order chi connectivity index (χ1) is 18.0. The standard InChI is InChI=1S/C29H40O9/c1-17-9-10-28-15-35-26(33)12-18(2)20(31)14-34-21(19(3)30)7-5-6-8-25(32)38-22-13-24(37-23(28)11-17)29(16-36-29)27(22,28)4/h5-8,11,18-24,30-31H,9-10,12-16H2,1-4H3/b7-5+,8-6-/t18-,19+,20-,21-,22-,23-,24-,27-,28-,29+/m1/s1. The van der Waals surface area contributed by atoms with Gasteiger partial charge in [0.2, 0.25) is 0 Å². The fourth-order valence-electron chi connectivity index (χ4n) is 7.02. The van der Waals surface area contributed by atoms with Gasteiger partial charge in [0, 0.05) is 17.9 Å². The topological polar surface area (TPSA) is 124 Å². The van der Waals surface area contributed by atoms with Crippen LogP contribution in [0, 0.1) is 16.7 Å². The van der Waals surface area contributed by atoms with E-state index in [2.05, 4.69) is 19.9 Å². The lowest BCUT2D eigenvalue weighted by Gasteiger charge is -2.58. The summed E-state index contributed by atoms with van der Waals surface area (Å²) in [6, 6.07) is 0. The fraction of sp³-hybridized carbons (Fsp3) is 0.724. The number of carbonyl (C=O) groups is 2. The smallest absolute Gasteiger partial charge is 0.331 e. The Balaban J connectivity index is 1.50. The van der Waals surface area contributed by atoms with Gasteiger partial charge in [-0.3, -0.25) is 4.79 Å². The summed E-state index contributed by atoms with van der Waals surface area (Å²) in [5.74, 6) is -1.33. The molecule has 0 aromatic rings. The zero-order valence-electron chi connectivity index (χ0n) is 22.6. The summed E-state index contributed by atoms with van der Waals surface area (Å²) in [5, 5.41) is 20.7. The summed E-state index contributed by atoms with van der Waals surface area (Å²) in [4.78, 5) is 26.0. The van der Waals surface area contributed by atoms with E-state index >= 15 is 0 Å². The maximum atomic E-state index is 13.0. The molecule has 9 nitrogen and oxygen atoms in total. The van der Waals surface area contributed by atoms with Crippen LogP contribution in [0.15, 0.2) is 36.0 Å². The second-order valence-electron chi connectivity index (χ2n) is 11.9. The highest BCUT2D eigenvalue weighted by Crippen LogP contribution is 2.72. The number of hydrogen-bond acceptors (Lipinski definition) is 9. The minimum absolute atomic E-state index is 0.0122. The van der Waals surface area contributed by atoms with Crippen LogP contribution in [0.4, 0.5) is 0 Å². The van der Waals surface area contributed by atoms with Gasteiger partial charge in [0.25, 0.3) is 0 Å². The first-order valence-electron chi connectivity index (χ1n) is 13.7. The molecule has 3 aliphatic heterocycles. The summed E-state index contributed by atoms with van der Waals surface area (Å²) in [6.45, 7) is 8.08. The molecule has 2 N–H and O–H groups in total. The predicted octanol–water partition coefficient (Wildman–Crippen LogP) is 2.39. The number of epoxide rings is 1. The van der Waals surface area contributed by atoms with Crippen molar-refractivity contribution in [3.05, 3.63) is 36.0 Å². The number of aliphatic hydroxyl groups excluding tert-OH is 2. The van der Waals surface area contributed by atoms with Crippen LogP contribution in [0.3, 0.4) is 0 Å². The maximum Gasteiger partial charge on any atom is 0.331 e. The average molecular weight is 533 g/mol. The Hall–Kier alpha value is -2.04. The molecule has 210 valence electrons. The molecule has 0 aromatic heterocycles. The third kappa shape index (κ3) is 4.46. The molecular formula is C29H40O9. The first-order valence-corrected chi connectivity index (χ1v) is 13.7. The molecule has 0 aromatic carbocycles. The van der Waals surface area contributed by atoms with Crippen LogP contribution in [0.5, 0.6) is 0 Å². The summed E-state index contributed by atoms with van der Waals surface area (Å²) >= 11 is 0. The second-order valence-corrected chi connectivity index (χ2v) is 11.9. The zero-order chi connectivity index (χ0) is 27.3. The Kier molecular flexibility index (Phi) is 7.37. The Bertz CT molecular complexity index is 1030. The molecule has 0 radical (unpaired) electrons. The van der Waals surface area contributed by atoms with Crippen LogP contribution in [-0.2, 0) is 33.3 Å². The molecule has 3 fully saturated rings. The van der Waals surface area contributed by atoms with Crippen molar-refractivity contribution < 1.29 is 43.5 Å². The molecule has 0 amide bonds. The van der Waals surface area contributed by atoms with E-state index in [4.69, 9.17) is 23.7 Å². The van der Waals surface area contributed by atoms with Crippen LogP contribution in [-0.4, -0.2) is 84.2 Å². The summed E-state index contributed by atoms with van der Waals surface area (Å²) in [6.07, 6.45) is 6.84. The Labute approximate surface area is 223 Å². The van der Waals surface area contributed by atoms with E-state index in [-0.39, 0.29) is 31.8 Å². The second kappa shape index (κ2) is 10.2. The molecule has 10 atom stereocenters. The highest BCUT2D eigenvalue weighted by molar-refractivity contribution is 5.82. The van der Waals surface area contributed by atoms with Crippen molar-refractivity contribution in [2.75, 3.05) is 19.8 Å². The minimum Gasteiger partial charge on any atom is -0.465 e. The summed E-state index contributed by atoms with van der Waals surface area (Å²) in [7, 11) is 0. The van der Waals surface area contributed by atoms with E-state index < -0.39 is 58.7 Å². The van der Waals surface area contributed by atoms with Gasteiger partial charge < -0.3 is 33.9 Å². The van der Waals surface area contributed by atoms with Crippen molar-refractivity contribution in [2.24, 2.45) is 16.7 Å². The third-order valence-corrected chi connectivity index (χ3v) is 9.69.